The van der Waals surface area contributed by atoms with Gasteiger partial charge >= 0.3 is 0 Å². The summed E-state index contributed by atoms with van der Waals surface area (Å²) in [7, 11) is 0. The molecular formula is C15H27N3O. The van der Waals surface area contributed by atoms with E-state index in [4.69, 9.17) is 5.73 Å². The lowest BCUT2D eigenvalue weighted by atomic mass is 9.72. The zero-order chi connectivity index (χ0) is 13.9. The maximum Gasteiger partial charge on any atom is 0.0494 e. The van der Waals surface area contributed by atoms with Gasteiger partial charge in [0.05, 0.1) is 0 Å². The van der Waals surface area contributed by atoms with Crippen LogP contribution in [0, 0.1) is 11.3 Å². The van der Waals surface area contributed by atoms with Crippen LogP contribution in [0.2, 0.25) is 0 Å². The fourth-order valence-corrected chi connectivity index (χ4v) is 3.52. The maximum absolute atomic E-state index is 9.90. The van der Waals surface area contributed by atoms with Crippen molar-refractivity contribution >= 4 is 0 Å². The van der Waals surface area contributed by atoms with Crippen LogP contribution in [0.1, 0.15) is 51.1 Å². The lowest BCUT2D eigenvalue weighted by Gasteiger charge is -2.35. The summed E-state index contributed by atoms with van der Waals surface area (Å²) in [5, 5.41) is 14.3. The van der Waals surface area contributed by atoms with Crippen LogP contribution in [0.4, 0.5) is 0 Å². The second kappa shape index (κ2) is 6.06. The summed E-state index contributed by atoms with van der Waals surface area (Å²) < 4.78 is 2.08. The normalized spacial score (nSPS) is 20.1. The van der Waals surface area contributed by atoms with E-state index >= 15 is 0 Å². The number of hydrogen-bond acceptors (Lipinski definition) is 3. The van der Waals surface area contributed by atoms with Crippen molar-refractivity contribution in [1.82, 2.24) is 9.78 Å². The van der Waals surface area contributed by atoms with E-state index in [1.807, 2.05) is 6.20 Å². The molecule has 1 heterocycles. The highest BCUT2D eigenvalue weighted by atomic mass is 16.3. The van der Waals surface area contributed by atoms with Gasteiger partial charge in [0.2, 0.25) is 0 Å². The third-order valence-electron chi connectivity index (χ3n) is 4.53. The van der Waals surface area contributed by atoms with Crippen LogP contribution < -0.4 is 5.73 Å². The van der Waals surface area contributed by atoms with Crippen molar-refractivity contribution in [2.24, 2.45) is 17.1 Å². The Hall–Kier alpha value is -0.870. The minimum Gasteiger partial charge on any atom is -0.396 e. The van der Waals surface area contributed by atoms with Gasteiger partial charge in [-0.1, -0.05) is 26.7 Å². The van der Waals surface area contributed by atoms with E-state index in [0.29, 0.717) is 12.5 Å². The minimum atomic E-state index is -0.0243. The van der Waals surface area contributed by atoms with Crippen molar-refractivity contribution in [2.45, 2.75) is 52.0 Å². The molecule has 1 aliphatic carbocycles. The minimum absolute atomic E-state index is 0.0243. The molecule has 0 radical (unpaired) electrons. The first-order valence-electron chi connectivity index (χ1n) is 7.45. The molecule has 0 bridgehead atoms. The highest BCUT2D eigenvalue weighted by Crippen LogP contribution is 2.48. The van der Waals surface area contributed by atoms with Gasteiger partial charge < -0.3 is 10.8 Å². The van der Waals surface area contributed by atoms with Gasteiger partial charge in [0.25, 0.3) is 0 Å². The summed E-state index contributed by atoms with van der Waals surface area (Å²) in [5.74, 6) is 0.784. The number of rotatable bonds is 6. The van der Waals surface area contributed by atoms with E-state index in [1.54, 1.807) is 0 Å². The molecule has 0 aromatic carbocycles. The highest BCUT2D eigenvalue weighted by molar-refractivity contribution is 5.15. The number of hydrogen-bond donors (Lipinski definition) is 2. The van der Waals surface area contributed by atoms with Crippen LogP contribution in [0.25, 0.3) is 0 Å². The Kier molecular flexibility index (Phi) is 4.63. The first-order chi connectivity index (χ1) is 9.13. The van der Waals surface area contributed by atoms with Crippen molar-refractivity contribution < 1.29 is 5.11 Å². The predicted octanol–water partition coefficient (Wildman–Crippen LogP) is 2.13. The van der Waals surface area contributed by atoms with Crippen LogP contribution in [-0.2, 0) is 6.54 Å². The molecule has 19 heavy (non-hydrogen) atoms. The van der Waals surface area contributed by atoms with Crippen molar-refractivity contribution in [1.29, 1.82) is 0 Å². The molecule has 1 fully saturated rings. The first-order valence-corrected chi connectivity index (χ1v) is 7.45. The van der Waals surface area contributed by atoms with Crippen molar-refractivity contribution in [2.75, 3.05) is 13.2 Å². The highest BCUT2D eigenvalue weighted by Gasteiger charge is 2.42. The molecular weight excluding hydrogens is 238 g/mol. The Labute approximate surface area is 116 Å². The van der Waals surface area contributed by atoms with Crippen LogP contribution in [0.15, 0.2) is 12.3 Å². The Morgan fingerprint density at radius 1 is 1.42 bits per heavy atom. The van der Waals surface area contributed by atoms with Gasteiger partial charge in [-0.3, -0.25) is 4.68 Å². The number of aromatic nitrogens is 2. The summed E-state index contributed by atoms with van der Waals surface area (Å²) in [6.07, 6.45) is 6.43. The molecule has 1 aromatic heterocycles. The average Bonchev–Trinajstić information content (AvgIpc) is 3.01. The van der Waals surface area contributed by atoms with Gasteiger partial charge in [0, 0.05) is 42.9 Å². The molecule has 1 saturated carbocycles. The summed E-state index contributed by atoms with van der Waals surface area (Å²) >= 11 is 0. The van der Waals surface area contributed by atoms with Crippen LogP contribution in [0.5, 0.6) is 0 Å². The molecule has 0 amide bonds. The molecule has 2 rings (SSSR count). The second-order valence-corrected chi connectivity index (χ2v) is 6.35. The van der Waals surface area contributed by atoms with E-state index in [1.165, 1.54) is 18.5 Å². The molecule has 1 aliphatic rings. The van der Waals surface area contributed by atoms with Crippen molar-refractivity contribution in [3.05, 3.63) is 18.0 Å². The molecule has 1 aromatic rings. The molecule has 0 aliphatic heterocycles. The fraction of sp³-hybridized carbons (Fsp3) is 0.800. The zero-order valence-electron chi connectivity index (χ0n) is 12.2. The monoisotopic (exact) mass is 265 g/mol. The van der Waals surface area contributed by atoms with Crippen LogP contribution >= 0.6 is 0 Å². The summed E-state index contributed by atoms with van der Waals surface area (Å²) in [4.78, 5) is 0. The standard InChI is InChI=1S/C15H27N3O/c1-12(2)10-18-14(5-8-17-18)13(9-16)15(11-19)6-3-4-7-15/h5,8,12-13,19H,3-4,6-7,9-11,16H2,1-2H3/t13-/m1/s1. The number of aliphatic hydroxyl groups excluding tert-OH is 1. The van der Waals surface area contributed by atoms with Crippen LogP contribution in [0.3, 0.4) is 0 Å². The lowest BCUT2D eigenvalue weighted by molar-refractivity contribution is 0.0987. The van der Waals surface area contributed by atoms with E-state index in [2.05, 4.69) is 29.7 Å². The molecule has 3 N–H and O–H groups in total. The van der Waals surface area contributed by atoms with Gasteiger partial charge in [-0.05, 0) is 24.8 Å². The molecule has 4 heteroatoms. The van der Waals surface area contributed by atoms with E-state index in [9.17, 15) is 5.11 Å². The lowest BCUT2D eigenvalue weighted by Crippen LogP contribution is -2.36. The van der Waals surface area contributed by atoms with Crippen molar-refractivity contribution in [3.63, 3.8) is 0 Å². The largest absolute Gasteiger partial charge is 0.396 e. The van der Waals surface area contributed by atoms with E-state index < -0.39 is 0 Å². The fourth-order valence-electron chi connectivity index (χ4n) is 3.52. The number of nitrogens with zero attached hydrogens (tertiary/aromatic N) is 2. The van der Waals surface area contributed by atoms with Gasteiger partial charge in [-0.15, -0.1) is 0 Å². The Morgan fingerprint density at radius 3 is 2.63 bits per heavy atom. The molecule has 1 atom stereocenters. The summed E-state index contributed by atoms with van der Waals surface area (Å²) in [6, 6.07) is 2.08. The van der Waals surface area contributed by atoms with Crippen molar-refractivity contribution in [3.8, 4) is 0 Å². The van der Waals surface area contributed by atoms with E-state index in [0.717, 1.165) is 19.4 Å². The smallest absolute Gasteiger partial charge is 0.0494 e. The van der Waals surface area contributed by atoms with Crippen LogP contribution in [-0.4, -0.2) is 28.0 Å². The summed E-state index contributed by atoms with van der Waals surface area (Å²) in [5.41, 5.74) is 7.23. The SMILES string of the molecule is CC(C)Cn1nccc1[C@@H](CN)C1(CO)CCCC1. The third-order valence-corrected chi connectivity index (χ3v) is 4.53. The maximum atomic E-state index is 9.90. The Morgan fingerprint density at radius 2 is 2.11 bits per heavy atom. The number of nitrogens with two attached hydrogens (primary N) is 1. The molecule has 0 saturated heterocycles. The molecule has 4 nitrogen and oxygen atoms in total. The quantitative estimate of drug-likeness (QED) is 0.828. The predicted molar refractivity (Wildman–Crippen MR) is 76.8 cm³/mol. The van der Waals surface area contributed by atoms with Gasteiger partial charge in [0.15, 0.2) is 0 Å². The zero-order valence-corrected chi connectivity index (χ0v) is 12.2. The van der Waals surface area contributed by atoms with Gasteiger partial charge in [-0.2, -0.15) is 5.10 Å². The Bertz CT molecular complexity index is 394. The molecule has 0 spiro atoms. The molecule has 0 unspecified atom stereocenters. The summed E-state index contributed by atoms with van der Waals surface area (Å²) in [6.45, 7) is 6.13. The number of aliphatic hydroxyl groups is 1. The Balaban J connectivity index is 2.28. The van der Waals surface area contributed by atoms with Gasteiger partial charge in [-0.25, -0.2) is 0 Å². The topological polar surface area (TPSA) is 64.1 Å². The second-order valence-electron chi connectivity index (χ2n) is 6.35. The average molecular weight is 265 g/mol. The molecule has 108 valence electrons. The first kappa shape index (κ1) is 14.5. The third kappa shape index (κ3) is 2.84. The van der Waals surface area contributed by atoms with E-state index in [-0.39, 0.29) is 17.9 Å². The van der Waals surface area contributed by atoms with Gasteiger partial charge in [0.1, 0.15) is 0 Å².